The third-order valence-electron chi connectivity index (χ3n) is 2.59. The Balaban J connectivity index is 3.97. The monoisotopic (exact) mass is 181 g/mol. The number of nitrogens with zero attached hydrogens (tertiary/aromatic N) is 1. The molecule has 0 bridgehead atoms. The van der Waals surface area contributed by atoms with E-state index in [1.807, 2.05) is 0 Å². The maximum Gasteiger partial charge on any atom is 0.0747 e. The van der Waals surface area contributed by atoms with E-state index in [4.69, 9.17) is 5.26 Å². The predicted molar refractivity (Wildman–Crippen MR) is 56.6 cm³/mol. The standard InChI is InChI=1S/C10H19NSi/c1-5-10(2)12(3,4)9-7-6-8-11/h5H,6-7,9H2,1-4H3. The maximum absolute atomic E-state index is 8.41. The van der Waals surface area contributed by atoms with Crippen LogP contribution < -0.4 is 0 Å². The summed E-state index contributed by atoms with van der Waals surface area (Å²) in [5.41, 5.74) is 0. The summed E-state index contributed by atoms with van der Waals surface area (Å²) in [6.45, 7) is 9.08. The molecule has 0 fully saturated rings. The highest BCUT2D eigenvalue weighted by Gasteiger charge is 2.21. The third-order valence-corrected chi connectivity index (χ3v) is 6.62. The summed E-state index contributed by atoms with van der Waals surface area (Å²) in [4.78, 5) is 0. The number of hydrogen-bond acceptors (Lipinski definition) is 1. The molecular formula is C10H19NSi. The molecule has 0 aromatic rings. The fraction of sp³-hybridized carbons (Fsp3) is 0.700. The second-order valence-corrected chi connectivity index (χ2v) is 8.92. The first-order chi connectivity index (χ1) is 5.54. The zero-order chi connectivity index (χ0) is 9.61. The Morgan fingerprint density at radius 1 is 1.50 bits per heavy atom. The molecule has 0 aliphatic rings. The van der Waals surface area contributed by atoms with Crippen molar-refractivity contribution < 1.29 is 0 Å². The lowest BCUT2D eigenvalue weighted by Crippen LogP contribution is -2.27. The van der Waals surface area contributed by atoms with Gasteiger partial charge in [-0.15, -0.1) is 0 Å². The Hall–Kier alpha value is -0.553. The summed E-state index contributed by atoms with van der Waals surface area (Å²) in [7, 11) is -1.13. The second kappa shape index (κ2) is 5.16. The van der Waals surface area contributed by atoms with Gasteiger partial charge in [-0.25, -0.2) is 0 Å². The highest BCUT2D eigenvalue weighted by molar-refractivity contribution is 6.84. The molecule has 0 heterocycles. The van der Waals surface area contributed by atoms with Gasteiger partial charge in [0.25, 0.3) is 0 Å². The number of allylic oxidation sites excluding steroid dienone is 2. The van der Waals surface area contributed by atoms with Crippen LogP contribution in [-0.4, -0.2) is 8.07 Å². The highest BCUT2D eigenvalue weighted by atomic mass is 28.3. The van der Waals surface area contributed by atoms with Crippen molar-refractivity contribution in [3.8, 4) is 6.07 Å². The van der Waals surface area contributed by atoms with Gasteiger partial charge in [-0.1, -0.05) is 30.4 Å². The quantitative estimate of drug-likeness (QED) is 0.481. The second-order valence-electron chi connectivity index (χ2n) is 3.87. The lowest BCUT2D eigenvalue weighted by atomic mass is 10.4. The average Bonchev–Trinajstić information content (AvgIpc) is 2.03. The Bertz CT molecular complexity index is 198. The van der Waals surface area contributed by atoms with Crippen LogP contribution in [0.25, 0.3) is 0 Å². The van der Waals surface area contributed by atoms with Crippen LogP contribution in [0.5, 0.6) is 0 Å². The molecule has 0 aromatic heterocycles. The Kier molecular flexibility index (Phi) is 4.92. The van der Waals surface area contributed by atoms with Gasteiger partial charge in [0.1, 0.15) is 0 Å². The zero-order valence-electron chi connectivity index (χ0n) is 8.65. The van der Waals surface area contributed by atoms with E-state index in [9.17, 15) is 0 Å². The van der Waals surface area contributed by atoms with Crippen LogP contribution in [0.2, 0.25) is 19.1 Å². The minimum absolute atomic E-state index is 0.716. The van der Waals surface area contributed by atoms with Crippen molar-refractivity contribution in [3.05, 3.63) is 11.3 Å². The van der Waals surface area contributed by atoms with E-state index in [-0.39, 0.29) is 0 Å². The lowest BCUT2D eigenvalue weighted by Gasteiger charge is -2.22. The van der Waals surface area contributed by atoms with Crippen molar-refractivity contribution in [1.82, 2.24) is 0 Å². The van der Waals surface area contributed by atoms with Gasteiger partial charge in [-0.3, -0.25) is 0 Å². The van der Waals surface area contributed by atoms with Crippen LogP contribution in [0.1, 0.15) is 26.7 Å². The molecule has 1 nitrogen and oxygen atoms in total. The van der Waals surface area contributed by atoms with Gasteiger partial charge in [-0.05, 0) is 20.3 Å². The summed E-state index contributed by atoms with van der Waals surface area (Å²) in [5.74, 6) is 0. The predicted octanol–water partition coefficient (Wildman–Crippen LogP) is 3.50. The molecule has 0 saturated carbocycles. The molecule has 0 amide bonds. The molecule has 0 aromatic carbocycles. The fourth-order valence-corrected chi connectivity index (χ4v) is 3.43. The van der Waals surface area contributed by atoms with Crippen LogP contribution in [0.4, 0.5) is 0 Å². The normalized spacial score (nSPS) is 12.8. The molecule has 2 heteroatoms. The van der Waals surface area contributed by atoms with Crippen LogP contribution in [0.15, 0.2) is 11.3 Å². The van der Waals surface area contributed by atoms with E-state index in [2.05, 4.69) is 39.1 Å². The van der Waals surface area contributed by atoms with Gasteiger partial charge < -0.3 is 0 Å². The van der Waals surface area contributed by atoms with Gasteiger partial charge in [-0.2, -0.15) is 5.26 Å². The zero-order valence-corrected chi connectivity index (χ0v) is 9.65. The molecule has 0 radical (unpaired) electrons. The lowest BCUT2D eigenvalue weighted by molar-refractivity contribution is 0.943. The fourth-order valence-electron chi connectivity index (χ4n) is 1.20. The molecule has 0 N–H and O–H groups in total. The summed E-state index contributed by atoms with van der Waals surface area (Å²) in [6.07, 6.45) is 4.01. The van der Waals surface area contributed by atoms with Crippen LogP contribution >= 0.6 is 0 Å². The van der Waals surface area contributed by atoms with Gasteiger partial charge >= 0.3 is 0 Å². The van der Waals surface area contributed by atoms with Crippen molar-refractivity contribution in [2.24, 2.45) is 0 Å². The highest BCUT2D eigenvalue weighted by Crippen LogP contribution is 2.21. The van der Waals surface area contributed by atoms with Crippen molar-refractivity contribution in [3.63, 3.8) is 0 Å². The summed E-state index contributed by atoms with van der Waals surface area (Å²) < 4.78 is 0. The average molecular weight is 181 g/mol. The van der Waals surface area contributed by atoms with Crippen molar-refractivity contribution in [2.45, 2.75) is 45.8 Å². The number of unbranched alkanes of at least 4 members (excludes halogenated alkanes) is 1. The van der Waals surface area contributed by atoms with E-state index < -0.39 is 8.07 Å². The first-order valence-corrected chi connectivity index (χ1v) is 7.75. The smallest absolute Gasteiger partial charge is 0.0747 e. The molecule has 0 rings (SSSR count). The number of hydrogen-bond donors (Lipinski definition) is 0. The van der Waals surface area contributed by atoms with E-state index in [0.717, 1.165) is 6.42 Å². The largest absolute Gasteiger partial charge is 0.198 e. The topological polar surface area (TPSA) is 23.8 Å². The first kappa shape index (κ1) is 11.4. The SMILES string of the molecule is CC=C(C)[Si](C)(C)CCCC#N. The van der Waals surface area contributed by atoms with E-state index in [1.165, 1.54) is 6.04 Å². The minimum atomic E-state index is -1.13. The van der Waals surface area contributed by atoms with E-state index in [1.54, 1.807) is 5.20 Å². The summed E-state index contributed by atoms with van der Waals surface area (Å²) >= 11 is 0. The minimum Gasteiger partial charge on any atom is -0.198 e. The van der Waals surface area contributed by atoms with Gasteiger partial charge in [0, 0.05) is 6.42 Å². The van der Waals surface area contributed by atoms with Crippen molar-refractivity contribution >= 4 is 8.07 Å². The molecule has 0 atom stereocenters. The first-order valence-electron chi connectivity index (χ1n) is 4.55. The Morgan fingerprint density at radius 2 is 2.08 bits per heavy atom. The molecular weight excluding hydrogens is 162 g/mol. The number of nitriles is 1. The maximum atomic E-state index is 8.41. The Morgan fingerprint density at radius 3 is 2.50 bits per heavy atom. The summed E-state index contributed by atoms with van der Waals surface area (Å²) in [5, 5.41) is 9.97. The molecule has 0 unspecified atom stereocenters. The molecule has 0 aliphatic carbocycles. The van der Waals surface area contributed by atoms with E-state index in [0.29, 0.717) is 6.42 Å². The van der Waals surface area contributed by atoms with Gasteiger partial charge in [0.05, 0.1) is 14.1 Å². The van der Waals surface area contributed by atoms with Gasteiger partial charge in [0.2, 0.25) is 0 Å². The molecule has 0 saturated heterocycles. The molecule has 0 spiro atoms. The van der Waals surface area contributed by atoms with Gasteiger partial charge in [0.15, 0.2) is 0 Å². The molecule has 0 aliphatic heterocycles. The van der Waals surface area contributed by atoms with Crippen LogP contribution in [0.3, 0.4) is 0 Å². The Labute approximate surface area is 77.1 Å². The van der Waals surface area contributed by atoms with Crippen LogP contribution in [0, 0.1) is 11.3 Å². The summed E-state index contributed by atoms with van der Waals surface area (Å²) in [6, 6.07) is 3.45. The van der Waals surface area contributed by atoms with Crippen molar-refractivity contribution in [2.75, 3.05) is 0 Å². The molecule has 12 heavy (non-hydrogen) atoms. The van der Waals surface area contributed by atoms with Crippen LogP contribution in [-0.2, 0) is 0 Å². The van der Waals surface area contributed by atoms with Crippen molar-refractivity contribution in [1.29, 1.82) is 5.26 Å². The number of rotatable bonds is 4. The third kappa shape index (κ3) is 3.73. The molecule has 68 valence electrons. The van der Waals surface area contributed by atoms with E-state index >= 15 is 0 Å².